The monoisotopic (exact) mass is 333 g/mol. The molecular weight excluding hydrogens is 302 g/mol. The maximum Gasteiger partial charge on any atom is 0.315 e. The molecule has 24 heavy (non-hydrogen) atoms. The Labute approximate surface area is 145 Å². The number of rotatable bonds is 7. The lowest BCUT2D eigenvalue weighted by Gasteiger charge is -2.19. The Hall–Kier alpha value is -1.59. The van der Waals surface area contributed by atoms with Crippen molar-refractivity contribution in [1.29, 1.82) is 0 Å². The van der Waals surface area contributed by atoms with Gasteiger partial charge in [0.25, 0.3) is 0 Å². The van der Waals surface area contributed by atoms with Crippen LogP contribution in [0.25, 0.3) is 0 Å². The van der Waals surface area contributed by atoms with E-state index in [-0.39, 0.29) is 12.1 Å². The smallest absolute Gasteiger partial charge is 0.315 e. The van der Waals surface area contributed by atoms with Crippen molar-refractivity contribution in [3.8, 4) is 0 Å². The maximum atomic E-state index is 11.6. The molecule has 1 aromatic carbocycles. The minimum atomic E-state index is -0.387. The predicted molar refractivity (Wildman–Crippen MR) is 96.7 cm³/mol. The van der Waals surface area contributed by atoms with Crippen molar-refractivity contribution in [2.45, 2.75) is 58.2 Å². The first-order valence-electron chi connectivity index (χ1n) is 9.13. The molecule has 1 saturated heterocycles. The van der Waals surface area contributed by atoms with Gasteiger partial charge >= 0.3 is 6.03 Å². The molecule has 0 spiro atoms. The molecule has 0 bridgehead atoms. The third kappa shape index (κ3) is 7.32. The Morgan fingerprint density at radius 2 is 1.71 bits per heavy atom. The highest BCUT2D eigenvalue weighted by molar-refractivity contribution is 5.73. The number of amides is 2. The van der Waals surface area contributed by atoms with Gasteiger partial charge in [-0.05, 0) is 50.4 Å². The molecule has 2 rings (SSSR count). The Bertz CT molecular complexity index is 480. The topological polar surface area (TPSA) is 64.6 Å². The molecule has 1 aromatic rings. The molecule has 5 heteroatoms. The summed E-state index contributed by atoms with van der Waals surface area (Å²) >= 11 is 0. The lowest BCUT2D eigenvalue weighted by Crippen LogP contribution is -2.36. The average molecular weight is 333 g/mol. The van der Waals surface area contributed by atoms with Crippen molar-refractivity contribution in [2.24, 2.45) is 0 Å². The van der Waals surface area contributed by atoms with Crippen LogP contribution in [-0.4, -0.2) is 41.8 Å². The number of likely N-dealkylation sites (tertiary alicyclic amines) is 1. The minimum Gasteiger partial charge on any atom is -0.393 e. The lowest BCUT2D eigenvalue weighted by atomic mass is 10.1. The summed E-state index contributed by atoms with van der Waals surface area (Å²) in [4.78, 5) is 14.2. The second-order valence-electron chi connectivity index (χ2n) is 6.75. The van der Waals surface area contributed by atoms with E-state index in [1.807, 2.05) is 0 Å². The zero-order chi connectivity index (χ0) is 17.2. The Balaban J connectivity index is 1.70. The summed E-state index contributed by atoms with van der Waals surface area (Å²) in [6, 6.07) is 8.30. The standard InChI is InChI=1S/C19H31N3O2/c1-16(23)10-11-20-19(24)21-14-17-6-8-18(9-7-17)15-22-12-4-2-3-5-13-22/h6-9,16,23H,2-5,10-15H2,1H3,(H2,20,21,24). The van der Waals surface area contributed by atoms with Crippen LogP contribution >= 0.6 is 0 Å². The fourth-order valence-corrected chi connectivity index (χ4v) is 2.95. The maximum absolute atomic E-state index is 11.6. The first-order chi connectivity index (χ1) is 11.6. The van der Waals surface area contributed by atoms with Crippen LogP contribution in [0.1, 0.15) is 50.2 Å². The van der Waals surface area contributed by atoms with Gasteiger partial charge < -0.3 is 15.7 Å². The van der Waals surface area contributed by atoms with Crippen molar-refractivity contribution >= 4 is 6.03 Å². The first-order valence-corrected chi connectivity index (χ1v) is 9.13. The highest BCUT2D eigenvalue weighted by Gasteiger charge is 2.09. The van der Waals surface area contributed by atoms with Crippen molar-refractivity contribution in [3.63, 3.8) is 0 Å². The van der Waals surface area contributed by atoms with Crippen molar-refractivity contribution < 1.29 is 9.90 Å². The van der Waals surface area contributed by atoms with Crippen LogP contribution in [0.4, 0.5) is 4.79 Å². The van der Waals surface area contributed by atoms with E-state index in [1.165, 1.54) is 44.3 Å². The van der Waals surface area contributed by atoms with Crippen LogP contribution in [0, 0.1) is 0 Å². The molecule has 1 atom stereocenters. The zero-order valence-corrected chi connectivity index (χ0v) is 14.8. The molecular formula is C19H31N3O2. The van der Waals surface area contributed by atoms with Gasteiger partial charge in [0.1, 0.15) is 0 Å². The van der Waals surface area contributed by atoms with Gasteiger partial charge in [-0.2, -0.15) is 0 Å². The van der Waals surface area contributed by atoms with Crippen LogP contribution in [-0.2, 0) is 13.1 Å². The second-order valence-corrected chi connectivity index (χ2v) is 6.75. The van der Waals surface area contributed by atoms with Gasteiger partial charge in [0.15, 0.2) is 0 Å². The number of carbonyl (C=O) groups excluding carboxylic acids is 1. The van der Waals surface area contributed by atoms with E-state index in [0.29, 0.717) is 19.5 Å². The molecule has 1 aliphatic heterocycles. The third-order valence-corrected chi connectivity index (χ3v) is 4.43. The minimum absolute atomic E-state index is 0.190. The van der Waals surface area contributed by atoms with E-state index in [4.69, 9.17) is 5.11 Å². The lowest BCUT2D eigenvalue weighted by molar-refractivity contribution is 0.183. The fraction of sp³-hybridized carbons (Fsp3) is 0.632. The summed E-state index contributed by atoms with van der Waals surface area (Å²) in [5.74, 6) is 0. The number of carbonyl (C=O) groups is 1. The van der Waals surface area contributed by atoms with Crippen LogP contribution < -0.4 is 10.6 Å². The quantitative estimate of drug-likeness (QED) is 0.719. The van der Waals surface area contributed by atoms with Crippen LogP contribution in [0.5, 0.6) is 0 Å². The van der Waals surface area contributed by atoms with Crippen molar-refractivity contribution in [3.05, 3.63) is 35.4 Å². The predicted octanol–water partition coefficient (Wildman–Crippen LogP) is 2.63. The number of hydrogen-bond donors (Lipinski definition) is 3. The molecule has 2 amide bonds. The zero-order valence-electron chi connectivity index (χ0n) is 14.8. The van der Waals surface area contributed by atoms with Crippen molar-refractivity contribution in [2.75, 3.05) is 19.6 Å². The van der Waals surface area contributed by atoms with Gasteiger partial charge in [0.05, 0.1) is 6.10 Å². The van der Waals surface area contributed by atoms with Gasteiger partial charge in [-0.3, -0.25) is 4.90 Å². The SMILES string of the molecule is CC(O)CCNC(=O)NCc1ccc(CN2CCCCCC2)cc1. The number of benzene rings is 1. The number of aliphatic hydroxyl groups excluding tert-OH is 1. The van der Waals surface area contributed by atoms with Crippen LogP contribution in [0.2, 0.25) is 0 Å². The summed E-state index contributed by atoms with van der Waals surface area (Å²) in [6.07, 6.45) is 5.53. The summed E-state index contributed by atoms with van der Waals surface area (Å²) in [7, 11) is 0. The molecule has 0 saturated carbocycles. The van der Waals surface area contributed by atoms with Crippen LogP contribution in [0.15, 0.2) is 24.3 Å². The van der Waals surface area contributed by atoms with Gasteiger partial charge in [-0.15, -0.1) is 0 Å². The Morgan fingerprint density at radius 1 is 1.08 bits per heavy atom. The van der Waals surface area contributed by atoms with E-state index in [2.05, 4.69) is 39.8 Å². The van der Waals surface area contributed by atoms with E-state index >= 15 is 0 Å². The summed E-state index contributed by atoms with van der Waals surface area (Å²) in [5, 5.41) is 14.7. The average Bonchev–Trinajstić information content (AvgIpc) is 2.82. The normalized spacial score (nSPS) is 17.1. The molecule has 0 aromatic heterocycles. The summed E-state index contributed by atoms with van der Waals surface area (Å²) < 4.78 is 0. The Morgan fingerprint density at radius 3 is 2.33 bits per heavy atom. The molecule has 3 N–H and O–H groups in total. The number of nitrogens with one attached hydrogen (secondary N) is 2. The van der Waals surface area contributed by atoms with Gasteiger partial charge in [0.2, 0.25) is 0 Å². The van der Waals surface area contributed by atoms with Gasteiger partial charge in [-0.25, -0.2) is 4.79 Å². The molecule has 0 aliphatic carbocycles. The number of hydrogen-bond acceptors (Lipinski definition) is 3. The summed E-state index contributed by atoms with van der Waals surface area (Å²) in [6.45, 7) is 6.15. The molecule has 1 aliphatic rings. The number of aliphatic hydroxyl groups is 1. The molecule has 0 radical (unpaired) electrons. The van der Waals surface area contributed by atoms with E-state index in [0.717, 1.165) is 12.1 Å². The molecule has 134 valence electrons. The fourth-order valence-electron chi connectivity index (χ4n) is 2.95. The molecule has 5 nitrogen and oxygen atoms in total. The third-order valence-electron chi connectivity index (χ3n) is 4.43. The highest BCUT2D eigenvalue weighted by atomic mass is 16.3. The number of urea groups is 1. The molecule has 1 unspecified atom stereocenters. The largest absolute Gasteiger partial charge is 0.393 e. The highest BCUT2D eigenvalue weighted by Crippen LogP contribution is 2.13. The van der Waals surface area contributed by atoms with Crippen molar-refractivity contribution in [1.82, 2.24) is 15.5 Å². The van der Waals surface area contributed by atoms with E-state index in [1.54, 1.807) is 6.92 Å². The van der Waals surface area contributed by atoms with Gasteiger partial charge in [-0.1, -0.05) is 37.1 Å². The van der Waals surface area contributed by atoms with Crippen LogP contribution in [0.3, 0.4) is 0 Å². The van der Waals surface area contributed by atoms with Gasteiger partial charge in [0, 0.05) is 19.6 Å². The number of nitrogens with zero attached hydrogens (tertiary/aromatic N) is 1. The summed E-state index contributed by atoms with van der Waals surface area (Å²) in [5.41, 5.74) is 2.43. The van der Waals surface area contributed by atoms with E-state index < -0.39 is 0 Å². The Kier molecular flexibility index (Phi) is 8.05. The molecule has 1 heterocycles. The molecule has 1 fully saturated rings. The second kappa shape index (κ2) is 10.3. The first kappa shape index (κ1) is 18.7. The van der Waals surface area contributed by atoms with E-state index in [9.17, 15) is 4.79 Å².